The van der Waals surface area contributed by atoms with Gasteiger partial charge in [-0.25, -0.2) is 8.78 Å². The Labute approximate surface area is 81.8 Å². The quantitative estimate of drug-likeness (QED) is 0.844. The summed E-state index contributed by atoms with van der Waals surface area (Å²) in [6.45, 7) is -0.399. The van der Waals surface area contributed by atoms with Gasteiger partial charge in [0.15, 0.2) is 0 Å². The molecule has 1 N–H and O–H groups in total. The van der Waals surface area contributed by atoms with Crippen LogP contribution in [0.5, 0.6) is 0 Å². The zero-order valence-electron chi connectivity index (χ0n) is 5.97. The van der Waals surface area contributed by atoms with Crippen molar-refractivity contribution in [2.24, 2.45) is 0 Å². The highest BCUT2D eigenvalue weighted by molar-refractivity contribution is 14.1. The van der Waals surface area contributed by atoms with Crippen molar-refractivity contribution in [2.75, 3.05) is 0 Å². The molecule has 2 nitrogen and oxygen atoms in total. The Morgan fingerprint density at radius 2 is 2.17 bits per heavy atom. The molecule has 0 radical (unpaired) electrons. The van der Waals surface area contributed by atoms with Gasteiger partial charge >= 0.3 is 0 Å². The minimum Gasteiger partial charge on any atom is -0.392 e. The molecule has 66 valence electrons. The summed E-state index contributed by atoms with van der Waals surface area (Å²) >= 11 is 1.77. The summed E-state index contributed by atoms with van der Waals surface area (Å²) in [6, 6.07) is 0. The van der Waals surface area contributed by atoms with Crippen molar-refractivity contribution in [2.45, 2.75) is 13.0 Å². The molecule has 5 heteroatoms. The van der Waals surface area contributed by atoms with E-state index in [1.807, 2.05) is 0 Å². The van der Waals surface area contributed by atoms with E-state index in [9.17, 15) is 8.78 Å². The van der Waals surface area contributed by atoms with Crippen molar-refractivity contribution < 1.29 is 13.9 Å². The number of aliphatic hydroxyl groups is 1. The third-order valence-electron chi connectivity index (χ3n) is 1.41. The molecule has 0 amide bonds. The van der Waals surface area contributed by atoms with Gasteiger partial charge in [0, 0.05) is 27.1 Å². The summed E-state index contributed by atoms with van der Waals surface area (Å²) in [5, 5.41) is 8.72. The van der Waals surface area contributed by atoms with E-state index >= 15 is 0 Å². The Morgan fingerprint density at radius 3 is 2.58 bits per heavy atom. The average molecular weight is 285 g/mol. The van der Waals surface area contributed by atoms with E-state index in [1.54, 1.807) is 22.6 Å². The summed E-state index contributed by atoms with van der Waals surface area (Å²) in [7, 11) is 0. The second-order valence-corrected chi connectivity index (χ2v) is 3.32. The lowest BCUT2D eigenvalue weighted by Crippen LogP contribution is -1.98. The van der Waals surface area contributed by atoms with Gasteiger partial charge in [-0.3, -0.25) is 4.98 Å². The van der Waals surface area contributed by atoms with Crippen molar-refractivity contribution in [1.29, 1.82) is 0 Å². The van der Waals surface area contributed by atoms with Gasteiger partial charge < -0.3 is 5.11 Å². The topological polar surface area (TPSA) is 33.1 Å². The van der Waals surface area contributed by atoms with Gasteiger partial charge in [0.2, 0.25) is 0 Å². The molecule has 0 saturated carbocycles. The van der Waals surface area contributed by atoms with Gasteiger partial charge in [-0.15, -0.1) is 0 Å². The maximum absolute atomic E-state index is 12.3. The number of aromatic nitrogens is 1. The smallest absolute Gasteiger partial charge is 0.265 e. The Kier molecular flexibility index (Phi) is 3.33. The number of halogens is 3. The van der Waals surface area contributed by atoms with E-state index in [2.05, 4.69) is 4.98 Å². The van der Waals surface area contributed by atoms with Gasteiger partial charge in [0.1, 0.15) is 0 Å². The third kappa shape index (κ3) is 1.89. The molecular weight excluding hydrogens is 279 g/mol. The van der Waals surface area contributed by atoms with Crippen LogP contribution in [0.4, 0.5) is 8.78 Å². The molecule has 0 fully saturated rings. The first kappa shape index (κ1) is 9.79. The van der Waals surface area contributed by atoms with Crippen molar-refractivity contribution in [3.8, 4) is 0 Å². The van der Waals surface area contributed by atoms with Crippen molar-refractivity contribution in [1.82, 2.24) is 4.98 Å². The molecule has 12 heavy (non-hydrogen) atoms. The molecule has 0 aliphatic carbocycles. The molecule has 1 aromatic heterocycles. The fraction of sp³-hybridized carbons (Fsp3) is 0.286. The summed E-state index contributed by atoms with van der Waals surface area (Å²) in [5.41, 5.74) is 0.0741. The minimum atomic E-state index is -2.55. The van der Waals surface area contributed by atoms with Crippen LogP contribution in [0.25, 0.3) is 0 Å². The number of hydrogen-bond donors (Lipinski definition) is 1. The van der Waals surface area contributed by atoms with Gasteiger partial charge in [-0.1, -0.05) is 0 Å². The Hall–Kier alpha value is -0.300. The minimum absolute atomic E-state index is 0.117. The summed E-state index contributed by atoms with van der Waals surface area (Å²) in [4.78, 5) is 3.70. The molecule has 0 aromatic carbocycles. The molecule has 0 atom stereocenters. The Bertz CT molecular complexity index is 280. The fourth-order valence-electron chi connectivity index (χ4n) is 0.856. The molecule has 0 aliphatic rings. The number of aliphatic hydroxyl groups excluding tert-OH is 1. The van der Waals surface area contributed by atoms with Crippen molar-refractivity contribution in [3.05, 3.63) is 27.1 Å². The van der Waals surface area contributed by atoms with E-state index < -0.39 is 13.0 Å². The molecular formula is C7H6F2INO. The summed E-state index contributed by atoms with van der Waals surface area (Å²) < 4.78 is 25.0. The Balaban J connectivity index is 3.20. The maximum Gasteiger partial charge on any atom is 0.265 e. The highest BCUT2D eigenvalue weighted by Gasteiger charge is 2.15. The van der Waals surface area contributed by atoms with Crippen LogP contribution in [-0.4, -0.2) is 10.1 Å². The highest BCUT2D eigenvalue weighted by Crippen LogP contribution is 2.26. The zero-order valence-corrected chi connectivity index (χ0v) is 8.12. The lowest BCUT2D eigenvalue weighted by Gasteiger charge is -2.06. The molecule has 1 heterocycles. The van der Waals surface area contributed by atoms with Crippen LogP contribution < -0.4 is 0 Å². The largest absolute Gasteiger partial charge is 0.392 e. The SMILES string of the molecule is OCc1cncc(I)c1C(F)F. The molecule has 0 aliphatic heterocycles. The molecule has 0 unspecified atom stereocenters. The van der Waals surface area contributed by atoms with E-state index in [0.717, 1.165) is 0 Å². The molecule has 1 aromatic rings. The van der Waals surface area contributed by atoms with Crippen LogP contribution in [0.15, 0.2) is 12.4 Å². The first-order valence-corrected chi connectivity index (χ1v) is 4.26. The number of nitrogens with zero attached hydrogens (tertiary/aromatic N) is 1. The number of hydrogen-bond acceptors (Lipinski definition) is 2. The van der Waals surface area contributed by atoms with Crippen LogP contribution in [0, 0.1) is 3.57 Å². The second-order valence-electron chi connectivity index (χ2n) is 2.15. The van der Waals surface area contributed by atoms with Gasteiger partial charge in [-0.2, -0.15) is 0 Å². The predicted octanol–water partition coefficient (Wildman–Crippen LogP) is 2.12. The summed E-state index contributed by atoms with van der Waals surface area (Å²) in [5.74, 6) is 0. The number of pyridine rings is 1. The standard InChI is InChI=1S/C7H6F2INO/c8-7(9)6-4(3-12)1-11-2-5(6)10/h1-2,7,12H,3H2. The van der Waals surface area contributed by atoms with Gasteiger partial charge in [0.25, 0.3) is 6.43 Å². The lowest BCUT2D eigenvalue weighted by molar-refractivity contribution is 0.146. The van der Waals surface area contributed by atoms with E-state index in [-0.39, 0.29) is 11.1 Å². The van der Waals surface area contributed by atoms with Crippen LogP contribution >= 0.6 is 22.6 Å². The lowest BCUT2D eigenvalue weighted by atomic mass is 10.1. The summed E-state index contributed by atoms with van der Waals surface area (Å²) in [6.07, 6.45) is 0.0484. The second kappa shape index (κ2) is 4.08. The van der Waals surface area contributed by atoms with Crippen molar-refractivity contribution in [3.63, 3.8) is 0 Å². The van der Waals surface area contributed by atoms with Crippen LogP contribution in [0.3, 0.4) is 0 Å². The number of alkyl halides is 2. The monoisotopic (exact) mass is 285 g/mol. The normalized spacial score (nSPS) is 10.8. The van der Waals surface area contributed by atoms with Crippen LogP contribution in [0.2, 0.25) is 0 Å². The molecule has 1 rings (SSSR count). The zero-order chi connectivity index (χ0) is 9.14. The Morgan fingerprint density at radius 1 is 1.50 bits per heavy atom. The van der Waals surface area contributed by atoms with Crippen LogP contribution in [-0.2, 0) is 6.61 Å². The first-order chi connectivity index (χ1) is 5.66. The van der Waals surface area contributed by atoms with Gasteiger partial charge in [0.05, 0.1) is 6.61 Å². The van der Waals surface area contributed by atoms with E-state index in [0.29, 0.717) is 3.57 Å². The van der Waals surface area contributed by atoms with E-state index in [4.69, 9.17) is 5.11 Å². The molecule has 0 bridgehead atoms. The maximum atomic E-state index is 12.3. The third-order valence-corrected chi connectivity index (χ3v) is 2.27. The van der Waals surface area contributed by atoms with E-state index in [1.165, 1.54) is 12.4 Å². The highest BCUT2D eigenvalue weighted by atomic mass is 127. The predicted molar refractivity (Wildman–Crippen MR) is 47.8 cm³/mol. The molecule has 0 saturated heterocycles. The fourth-order valence-corrected chi connectivity index (χ4v) is 1.60. The van der Waals surface area contributed by atoms with Gasteiger partial charge in [-0.05, 0) is 22.6 Å². The first-order valence-electron chi connectivity index (χ1n) is 3.18. The average Bonchev–Trinajstić information content (AvgIpc) is 2.03. The molecule has 0 spiro atoms. The van der Waals surface area contributed by atoms with Crippen molar-refractivity contribution >= 4 is 22.6 Å². The number of rotatable bonds is 2. The van der Waals surface area contributed by atoms with Crippen LogP contribution in [0.1, 0.15) is 17.6 Å².